The van der Waals surface area contributed by atoms with Crippen LogP contribution in [0.15, 0.2) is 30.5 Å². The second-order valence-corrected chi connectivity index (χ2v) is 6.67. The van der Waals surface area contributed by atoms with Gasteiger partial charge < -0.3 is 4.90 Å². The predicted octanol–water partition coefficient (Wildman–Crippen LogP) is 2.83. The fourth-order valence-corrected chi connectivity index (χ4v) is 3.23. The van der Waals surface area contributed by atoms with E-state index in [4.69, 9.17) is 0 Å². The van der Waals surface area contributed by atoms with E-state index in [0.29, 0.717) is 12.5 Å². The minimum Gasteiger partial charge on any atom is -0.339 e. The van der Waals surface area contributed by atoms with E-state index in [1.54, 1.807) is 0 Å². The maximum absolute atomic E-state index is 12.6. The Kier molecular flexibility index (Phi) is 3.85. The second kappa shape index (κ2) is 6.14. The molecule has 1 aromatic heterocycles. The first-order valence-corrected chi connectivity index (χ1v) is 8.58. The molecular formula is C18H22N4O. The Morgan fingerprint density at radius 1 is 1.17 bits per heavy atom. The van der Waals surface area contributed by atoms with E-state index in [0.717, 1.165) is 42.8 Å². The topological polar surface area (TPSA) is 51.0 Å². The van der Waals surface area contributed by atoms with Gasteiger partial charge in [-0.2, -0.15) is 0 Å². The summed E-state index contributed by atoms with van der Waals surface area (Å²) >= 11 is 0. The Balaban J connectivity index is 1.47. The van der Waals surface area contributed by atoms with E-state index in [1.807, 2.05) is 40.0 Å². The van der Waals surface area contributed by atoms with Crippen molar-refractivity contribution in [1.29, 1.82) is 0 Å². The highest BCUT2D eigenvalue weighted by atomic mass is 16.2. The van der Waals surface area contributed by atoms with Crippen molar-refractivity contribution in [2.75, 3.05) is 13.1 Å². The Morgan fingerprint density at radius 2 is 2.00 bits per heavy atom. The number of benzene rings is 1. The smallest absolute Gasteiger partial charge is 0.253 e. The molecule has 2 aliphatic rings. The summed E-state index contributed by atoms with van der Waals surface area (Å²) < 4.78 is 1.87. The van der Waals surface area contributed by atoms with Gasteiger partial charge in [-0.05, 0) is 49.8 Å². The van der Waals surface area contributed by atoms with Crippen LogP contribution in [0, 0.1) is 0 Å². The summed E-state index contributed by atoms with van der Waals surface area (Å²) in [5.41, 5.74) is 2.98. The first-order valence-electron chi connectivity index (χ1n) is 8.58. The van der Waals surface area contributed by atoms with E-state index in [-0.39, 0.29) is 5.91 Å². The zero-order valence-electron chi connectivity index (χ0n) is 13.3. The third kappa shape index (κ3) is 3.28. The predicted molar refractivity (Wildman–Crippen MR) is 87.3 cm³/mol. The van der Waals surface area contributed by atoms with Gasteiger partial charge in [-0.25, -0.2) is 4.68 Å². The quantitative estimate of drug-likeness (QED) is 0.872. The van der Waals surface area contributed by atoms with Gasteiger partial charge in [0.05, 0.1) is 12.2 Å². The number of carbonyl (C=O) groups is 1. The number of piperidine rings is 1. The van der Waals surface area contributed by atoms with Gasteiger partial charge in [-0.1, -0.05) is 17.3 Å². The Morgan fingerprint density at radius 3 is 2.78 bits per heavy atom. The maximum Gasteiger partial charge on any atom is 0.253 e. The lowest BCUT2D eigenvalue weighted by atomic mass is 10.1. The molecule has 0 unspecified atom stereocenters. The van der Waals surface area contributed by atoms with Crippen molar-refractivity contribution >= 4 is 5.91 Å². The van der Waals surface area contributed by atoms with Crippen molar-refractivity contribution in [3.05, 3.63) is 47.3 Å². The van der Waals surface area contributed by atoms with Crippen LogP contribution in [0.5, 0.6) is 0 Å². The van der Waals surface area contributed by atoms with Gasteiger partial charge >= 0.3 is 0 Å². The third-order valence-electron chi connectivity index (χ3n) is 4.71. The minimum absolute atomic E-state index is 0.156. The molecule has 0 bridgehead atoms. The van der Waals surface area contributed by atoms with Crippen molar-refractivity contribution in [3.63, 3.8) is 0 Å². The van der Waals surface area contributed by atoms with Crippen molar-refractivity contribution in [2.24, 2.45) is 0 Å². The van der Waals surface area contributed by atoms with Gasteiger partial charge in [0.1, 0.15) is 0 Å². The van der Waals surface area contributed by atoms with Gasteiger partial charge in [0.15, 0.2) is 0 Å². The fraction of sp³-hybridized carbons (Fsp3) is 0.500. The Labute approximate surface area is 136 Å². The largest absolute Gasteiger partial charge is 0.339 e. The van der Waals surface area contributed by atoms with Crippen LogP contribution < -0.4 is 0 Å². The van der Waals surface area contributed by atoms with Gasteiger partial charge in [0.25, 0.3) is 5.91 Å². The van der Waals surface area contributed by atoms with Crippen LogP contribution in [0.1, 0.15) is 59.6 Å². The van der Waals surface area contributed by atoms with E-state index in [9.17, 15) is 4.79 Å². The van der Waals surface area contributed by atoms with Crippen LogP contribution in [0.2, 0.25) is 0 Å². The zero-order valence-corrected chi connectivity index (χ0v) is 13.3. The van der Waals surface area contributed by atoms with E-state index in [2.05, 4.69) is 10.3 Å². The maximum atomic E-state index is 12.6. The molecule has 5 heteroatoms. The molecule has 1 aliphatic heterocycles. The van der Waals surface area contributed by atoms with Crippen LogP contribution in [0.3, 0.4) is 0 Å². The zero-order chi connectivity index (χ0) is 15.6. The highest BCUT2D eigenvalue weighted by Crippen LogP contribution is 2.38. The normalized spacial score (nSPS) is 18.2. The molecule has 2 aromatic rings. The summed E-state index contributed by atoms with van der Waals surface area (Å²) in [6, 6.07) is 7.92. The molecule has 1 amide bonds. The molecule has 4 rings (SSSR count). The lowest BCUT2D eigenvalue weighted by molar-refractivity contribution is 0.0724. The number of rotatable bonds is 4. The van der Waals surface area contributed by atoms with Crippen LogP contribution >= 0.6 is 0 Å². The number of hydrogen-bond acceptors (Lipinski definition) is 3. The summed E-state index contributed by atoms with van der Waals surface area (Å²) in [7, 11) is 0. The van der Waals surface area contributed by atoms with Crippen LogP contribution in [0.4, 0.5) is 0 Å². The number of nitrogens with zero attached hydrogens (tertiary/aromatic N) is 4. The SMILES string of the molecule is O=C(c1cccc(Cn2cc(C3CC3)nn2)c1)N1CCCCC1. The van der Waals surface area contributed by atoms with Gasteiger partial charge in [0.2, 0.25) is 0 Å². The molecule has 2 fully saturated rings. The molecule has 1 saturated heterocycles. The number of hydrogen-bond donors (Lipinski definition) is 0. The molecule has 1 aliphatic carbocycles. The van der Waals surface area contributed by atoms with Gasteiger partial charge in [-0.3, -0.25) is 4.79 Å². The summed E-state index contributed by atoms with van der Waals surface area (Å²) in [6.07, 6.45) is 7.98. The lowest BCUT2D eigenvalue weighted by Crippen LogP contribution is -2.35. The minimum atomic E-state index is 0.156. The number of likely N-dealkylation sites (tertiary alicyclic amines) is 1. The Hall–Kier alpha value is -2.17. The van der Waals surface area contributed by atoms with Crippen molar-refractivity contribution in [2.45, 2.75) is 44.6 Å². The summed E-state index contributed by atoms with van der Waals surface area (Å²) in [5, 5.41) is 8.45. The second-order valence-electron chi connectivity index (χ2n) is 6.67. The van der Waals surface area contributed by atoms with Crippen molar-refractivity contribution < 1.29 is 4.79 Å². The highest BCUT2D eigenvalue weighted by molar-refractivity contribution is 5.94. The van der Waals surface area contributed by atoms with E-state index < -0.39 is 0 Å². The Bertz CT molecular complexity index is 699. The molecule has 2 heterocycles. The number of carbonyl (C=O) groups excluding carboxylic acids is 1. The lowest BCUT2D eigenvalue weighted by Gasteiger charge is -2.26. The highest BCUT2D eigenvalue weighted by Gasteiger charge is 2.26. The monoisotopic (exact) mass is 310 g/mol. The molecule has 1 aromatic carbocycles. The fourth-order valence-electron chi connectivity index (χ4n) is 3.23. The average molecular weight is 310 g/mol. The molecule has 5 nitrogen and oxygen atoms in total. The van der Waals surface area contributed by atoms with Crippen LogP contribution in [0.25, 0.3) is 0 Å². The molecule has 0 atom stereocenters. The molecule has 0 spiro atoms. The molecule has 0 radical (unpaired) electrons. The average Bonchev–Trinajstić information content (AvgIpc) is 3.35. The van der Waals surface area contributed by atoms with E-state index >= 15 is 0 Å². The van der Waals surface area contributed by atoms with Crippen LogP contribution in [-0.4, -0.2) is 38.9 Å². The summed E-state index contributed by atoms with van der Waals surface area (Å²) in [5.74, 6) is 0.777. The van der Waals surface area contributed by atoms with Crippen molar-refractivity contribution in [3.8, 4) is 0 Å². The number of amides is 1. The van der Waals surface area contributed by atoms with Gasteiger partial charge in [0, 0.05) is 30.8 Å². The third-order valence-corrected chi connectivity index (χ3v) is 4.71. The molecular weight excluding hydrogens is 288 g/mol. The first kappa shape index (κ1) is 14.4. The molecule has 120 valence electrons. The number of aromatic nitrogens is 3. The summed E-state index contributed by atoms with van der Waals surface area (Å²) in [6.45, 7) is 2.44. The summed E-state index contributed by atoms with van der Waals surface area (Å²) in [4.78, 5) is 14.6. The standard InChI is InChI=1S/C18H22N4O/c23-18(21-9-2-1-3-10-21)16-6-4-5-14(11-16)12-22-13-17(19-20-22)15-7-8-15/h4-6,11,13,15H,1-3,7-10,12H2. The molecule has 1 saturated carbocycles. The van der Waals surface area contributed by atoms with Crippen molar-refractivity contribution in [1.82, 2.24) is 19.9 Å². The van der Waals surface area contributed by atoms with E-state index in [1.165, 1.54) is 19.3 Å². The van der Waals surface area contributed by atoms with Crippen LogP contribution in [-0.2, 0) is 6.54 Å². The first-order chi connectivity index (χ1) is 11.3. The van der Waals surface area contributed by atoms with Gasteiger partial charge in [-0.15, -0.1) is 5.10 Å². The molecule has 0 N–H and O–H groups in total. The molecule has 23 heavy (non-hydrogen) atoms.